The van der Waals surface area contributed by atoms with E-state index in [2.05, 4.69) is 16.4 Å². The molecule has 1 atom stereocenters. The van der Waals surface area contributed by atoms with Crippen molar-refractivity contribution in [1.82, 2.24) is 10.3 Å². The molecular weight excluding hydrogens is 410 g/mol. The molecule has 1 aliphatic heterocycles. The maximum atomic E-state index is 13.7. The molecule has 2 amide bonds. The number of fused-ring (bicyclic) bond motifs is 2. The molecule has 5 heteroatoms. The van der Waals surface area contributed by atoms with Gasteiger partial charge in [0.1, 0.15) is 6.04 Å². The number of hydrogen-bond acceptors (Lipinski definition) is 2. The Morgan fingerprint density at radius 1 is 0.939 bits per heavy atom. The first-order chi connectivity index (χ1) is 16.2. The Morgan fingerprint density at radius 2 is 1.70 bits per heavy atom. The van der Waals surface area contributed by atoms with Crippen LogP contribution in [0.5, 0.6) is 0 Å². The predicted molar refractivity (Wildman–Crippen MR) is 131 cm³/mol. The van der Waals surface area contributed by atoms with Gasteiger partial charge in [0, 0.05) is 35.8 Å². The lowest BCUT2D eigenvalue weighted by molar-refractivity contribution is -0.127. The Kier molecular flexibility index (Phi) is 5.94. The first kappa shape index (κ1) is 21.0. The van der Waals surface area contributed by atoms with Crippen molar-refractivity contribution in [3.8, 4) is 0 Å². The minimum atomic E-state index is -0.628. The lowest BCUT2D eigenvalue weighted by Gasteiger charge is -2.32. The molecule has 5 rings (SSSR count). The van der Waals surface area contributed by atoms with Crippen molar-refractivity contribution in [2.75, 3.05) is 11.4 Å². The largest absolute Gasteiger partial charge is 0.361 e. The number of aromatic nitrogens is 1. The van der Waals surface area contributed by atoms with E-state index in [-0.39, 0.29) is 18.2 Å². The molecule has 0 fully saturated rings. The highest BCUT2D eigenvalue weighted by atomic mass is 16.2. The third kappa shape index (κ3) is 4.53. The number of hydrogen-bond donors (Lipinski definition) is 2. The summed E-state index contributed by atoms with van der Waals surface area (Å²) in [4.78, 5) is 31.9. The molecule has 4 aromatic rings. The lowest BCUT2D eigenvalue weighted by Crippen LogP contribution is -2.51. The average Bonchev–Trinajstić information content (AvgIpc) is 3.26. The Morgan fingerprint density at radius 3 is 2.58 bits per heavy atom. The van der Waals surface area contributed by atoms with Gasteiger partial charge in [-0.05, 0) is 41.7 Å². The van der Waals surface area contributed by atoms with E-state index in [1.807, 2.05) is 83.9 Å². The summed E-state index contributed by atoms with van der Waals surface area (Å²) < 4.78 is 0. The van der Waals surface area contributed by atoms with Crippen LogP contribution in [0, 0.1) is 0 Å². The molecule has 0 bridgehead atoms. The number of nitrogens with zero attached hydrogens (tertiary/aromatic N) is 1. The van der Waals surface area contributed by atoms with Crippen molar-refractivity contribution < 1.29 is 9.59 Å². The molecule has 1 aliphatic rings. The second-order valence-corrected chi connectivity index (χ2v) is 8.57. The predicted octanol–water partition coefficient (Wildman–Crippen LogP) is 4.42. The van der Waals surface area contributed by atoms with Gasteiger partial charge < -0.3 is 15.2 Å². The third-order valence-electron chi connectivity index (χ3n) is 6.32. The minimum Gasteiger partial charge on any atom is -0.361 e. The second-order valence-electron chi connectivity index (χ2n) is 8.57. The van der Waals surface area contributed by atoms with Gasteiger partial charge in [-0.25, -0.2) is 0 Å². The number of amides is 2. The van der Waals surface area contributed by atoms with Crippen LogP contribution in [0.25, 0.3) is 10.9 Å². The Hall–Kier alpha value is -3.86. The summed E-state index contributed by atoms with van der Waals surface area (Å²) in [6.07, 6.45) is 4.44. The van der Waals surface area contributed by atoms with Gasteiger partial charge in [-0.1, -0.05) is 66.7 Å². The molecule has 0 saturated carbocycles. The number of nitrogens with one attached hydrogen (secondary N) is 2. The Balaban J connectivity index is 1.39. The van der Waals surface area contributed by atoms with E-state index in [0.29, 0.717) is 13.0 Å². The van der Waals surface area contributed by atoms with Crippen LogP contribution >= 0.6 is 0 Å². The van der Waals surface area contributed by atoms with Crippen LogP contribution in [-0.4, -0.2) is 29.4 Å². The van der Waals surface area contributed by atoms with Crippen LogP contribution in [-0.2, 0) is 28.9 Å². The molecule has 2 N–H and O–H groups in total. The number of aromatic amines is 1. The summed E-state index contributed by atoms with van der Waals surface area (Å²) in [5.74, 6) is -0.211. The van der Waals surface area contributed by atoms with Crippen LogP contribution in [0.4, 0.5) is 5.69 Å². The fourth-order valence-electron chi connectivity index (χ4n) is 4.70. The zero-order valence-corrected chi connectivity index (χ0v) is 18.5. The number of aryl methyl sites for hydroxylation is 1. The maximum absolute atomic E-state index is 13.7. The molecule has 3 aromatic carbocycles. The molecule has 0 aliphatic carbocycles. The van der Waals surface area contributed by atoms with Crippen LogP contribution in [0.2, 0.25) is 0 Å². The summed E-state index contributed by atoms with van der Waals surface area (Å²) in [5.41, 5.74) is 5.09. The van der Waals surface area contributed by atoms with E-state index >= 15 is 0 Å². The van der Waals surface area contributed by atoms with E-state index in [4.69, 9.17) is 0 Å². The molecule has 0 saturated heterocycles. The van der Waals surface area contributed by atoms with Gasteiger partial charge >= 0.3 is 0 Å². The maximum Gasteiger partial charge on any atom is 0.249 e. The van der Waals surface area contributed by atoms with Gasteiger partial charge in [-0.3, -0.25) is 9.59 Å². The number of carbonyl (C=O) groups is 2. The summed E-state index contributed by atoms with van der Waals surface area (Å²) in [7, 11) is 0. The highest BCUT2D eigenvalue weighted by molar-refractivity contribution is 6.00. The molecule has 0 unspecified atom stereocenters. The van der Waals surface area contributed by atoms with Crippen molar-refractivity contribution in [2.45, 2.75) is 31.7 Å². The smallest absolute Gasteiger partial charge is 0.249 e. The number of rotatable bonds is 6. The molecule has 166 valence electrons. The fraction of sp³-hybridized carbons (Fsp3) is 0.214. The number of para-hydroxylation sites is 2. The number of benzene rings is 3. The summed E-state index contributed by atoms with van der Waals surface area (Å²) in [6.45, 7) is 0.666. The monoisotopic (exact) mass is 437 g/mol. The standard InChI is InChI=1S/C28H27N3O2/c32-27(18-22-19-29-24-14-6-5-13-23(22)24)30-25(17-20-9-2-1-3-10-20)28(33)31-16-8-12-21-11-4-7-15-26(21)31/h1-7,9-11,13-15,19,25,29H,8,12,16-18H2,(H,30,32)/t25-/m0/s1. The normalized spacial score (nSPS) is 14.0. The molecule has 33 heavy (non-hydrogen) atoms. The lowest BCUT2D eigenvalue weighted by atomic mass is 9.99. The Bertz CT molecular complexity index is 1280. The second kappa shape index (κ2) is 9.33. The highest BCUT2D eigenvalue weighted by Gasteiger charge is 2.30. The number of anilines is 1. The topological polar surface area (TPSA) is 65.2 Å². The Labute approximate surface area is 193 Å². The molecule has 0 radical (unpaired) electrons. The van der Waals surface area contributed by atoms with Crippen molar-refractivity contribution >= 4 is 28.4 Å². The molecule has 0 spiro atoms. The van der Waals surface area contributed by atoms with Crippen molar-refractivity contribution in [1.29, 1.82) is 0 Å². The zero-order chi connectivity index (χ0) is 22.6. The van der Waals surface area contributed by atoms with E-state index in [9.17, 15) is 9.59 Å². The van der Waals surface area contributed by atoms with Gasteiger partial charge in [-0.15, -0.1) is 0 Å². The zero-order valence-electron chi connectivity index (χ0n) is 18.5. The summed E-state index contributed by atoms with van der Waals surface area (Å²) in [6, 6.07) is 25.2. The SMILES string of the molecule is O=C(Cc1c[nH]c2ccccc12)N[C@@H](Cc1ccccc1)C(=O)N1CCCc2ccccc21. The van der Waals surface area contributed by atoms with Gasteiger partial charge in [0.25, 0.3) is 0 Å². The summed E-state index contributed by atoms with van der Waals surface area (Å²) in [5, 5.41) is 4.08. The molecule has 1 aromatic heterocycles. The summed E-state index contributed by atoms with van der Waals surface area (Å²) >= 11 is 0. The van der Waals surface area contributed by atoms with Gasteiger partial charge in [0.05, 0.1) is 6.42 Å². The fourth-order valence-corrected chi connectivity index (χ4v) is 4.70. The van der Waals surface area contributed by atoms with Crippen LogP contribution in [0.15, 0.2) is 85.1 Å². The third-order valence-corrected chi connectivity index (χ3v) is 6.32. The quantitative estimate of drug-likeness (QED) is 0.469. The van der Waals surface area contributed by atoms with Gasteiger partial charge in [-0.2, -0.15) is 0 Å². The molecular formula is C28H27N3O2. The van der Waals surface area contributed by atoms with Crippen LogP contribution < -0.4 is 10.2 Å². The average molecular weight is 438 g/mol. The highest BCUT2D eigenvalue weighted by Crippen LogP contribution is 2.27. The van der Waals surface area contributed by atoms with Crippen molar-refractivity contribution in [2.24, 2.45) is 0 Å². The van der Waals surface area contributed by atoms with Gasteiger partial charge in [0.2, 0.25) is 11.8 Å². The minimum absolute atomic E-state index is 0.0571. The van der Waals surface area contributed by atoms with Crippen LogP contribution in [0.3, 0.4) is 0 Å². The van der Waals surface area contributed by atoms with E-state index in [1.54, 1.807) is 0 Å². The van der Waals surface area contributed by atoms with Crippen LogP contribution in [0.1, 0.15) is 23.1 Å². The van der Waals surface area contributed by atoms with Crippen molar-refractivity contribution in [3.05, 3.63) is 102 Å². The number of carbonyl (C=O) groups excluding carboxylic acids is 2. The molecule has 2 heterocycles. The van der Waals surface area contributed by atoms with Crippen molar-refractivity contribution in [3.63, 3.8) is 0 Å². The number of H-pyrrole nitrogens is 1. The van der Waals surface area contributed by atoms with Gasteiger partial charge in [0.15, 0.2) is 0 Å². The first-order valence-electron chi connectivity index (χ1n) is 11.5. The first-order valence-corrected chi connectivity index (χ1v) is 11.5. The molecule has 5 nitrogen and oxygen atoms in total. The van der Waals surface area contributed by atoms with E-state index in [0.717, 1.165) is 40.6 Å². The van der Waals surface area contributed by atoms with E-state index < -0.39 is 6.04 Å². The van der Waals surface area contributed by atoms with E-state index in [1.165, 1.54) is 5.56 Å².